The summed E-state index contributed by atoms with van der Waals surface area (Å²) in [5, 5.41) is 13.6. The maximum Gasteiger partial charge on any atom is 0.263 e. The lowest BCUT2D eigenvalue weighted by Gasteiger charge is -2.11. The van der Waals surface area contributed by atoms with Gasteiger partial charge < -0.3 is 15.4 Å². The number of methoxy groups -OCH3 is 1. The van der Waals surface area contributed by atoms with E-state index in [1.165, 1.54) is 23.0 Å². The molecule has 0 fully saturated rings. The molecule has 6 nitrogen and oxygen atoms in total. The van der Waals surface area contributed by atoms with Gasteiger partial charge in [-0.25, -0.2) is 9.37 Å². The van der Waals surface area contributed by atoms with Crippen molar-refractivity contribution in [2.24, 2.45) is 0 Å². The lowest BCUT2D eigenvalue weighted by Crippen LogP contribution is -2.78. The minimum atomic E-state index is -0.218. The lowest BCUT2D eigenvalue weighted by molar-refractivity contribution is -0.587. The van der Waals surface area contributed by atoms with Gasteiger partial charge in [0.25, 0.3) is 5.91 Å². The van der Waals surface area contributed by atoms with Crippen molar-refractivity contribution in [1.29, 1.82) is 5.41 Å². The number of halogens is 1. The summed E-state index contributed by atoms with van der Waals surface area (Å²) in [5.41, 5.74) is 3.09. The zero-order valence-electron chi connectivity index (χ0n) is 18.3. The first-order chi connectivity index (χ1) is 15.5. The number of nitrogens with one attached hydrogen (secondary N) is 2. The summed E-state index contributed by atoms with van der Waals surface area (Å²) in [6, 6.07) is 7.98. The molecule has 0 aliphatic heterocycles. The predicted molar refractivity (Wildman–Crippen MR) is 125 cm³/mol. The fourth-order valence-electron chi connectivity index (χ4n) is 3.17. The van der Waals surface area contributed by atoms with Crippen molar-refractivity contribution in [3.63, 3.8) is 0 Å². The molecule has 168 valence electrons. The van der Waals surface area contributed by atoms with E-state index in [1.54, 1.807) is 26.2 Å². The number of ether oxygens (including phenoxy) is 1. The Hall–Kier alpha value is -3.10. The number of aryl methyl sites for hydroxylation is 1. The normalized spacial score (nSPS) is 13.6. The van der Waals surface area contributed by atoms with Gasteiger partial charge in [0.1, 0.15) is 21.5 Å². The molecule has 4 N–H and O–H groups in total. The molecule has 1 aromatic carbocycles. The van der Waals surface area contributed by atoms with Crippen LogP contribution in [-0.2, 0) is 6.42 Å². The highest BCUT2D eigenvalue weighted by Crippen LogP contribution is 2.21. The van der Waals surface area contributed by atoms with E-state index in [0.717, 1.165) is 24.3 Å². The Morgan fingerprint density at radius 3 is 2.78 bits per heavy atom. The number of carbonyl (C=O) groups is 1. The van der Waals surface area contributed by atoms with Gasteiger partial charge in [-0.05, 0) is 37.1 Å². The Morgan fingerprint density at radius 2 is 2.09 bits per heavy atom. The SMILES string of the molecule is COc1ccc(CC[NH2+]C=CC(=N)c2nc(C)c(C(=O)NCC3=CC=C(F)CC3)s2)cc1. The standard InChI is InChI=1S/C24H27FN4O2S/c1-16-22(23(30)28-15-18-3-7-19(25)8-4-18)32-24(29-16)21(26)12-14-27-13-11-17-5-9-20(31-2)10-6-17/h3,5-7,9-10,12,14,26-27H,4,8,11,13,15H2,1-2H3,(H,28,30)/p+1. The van der Waals surface area contributed by atoms with Gasteiger partial charge in [-0.2, -0.15) is 0 Å². The number of amides is 1. The predicted octanol–water partition coefficient (Wildman–Crippen LogP) is 3.45. The highest BCUT2D eigenvalue weighted by Gasteiger charge is 2.17. The van der Waals surface area contributed by atoms with Crippen molar-refractivity contribution < 1.29 is 19.2 Å². The molecule has 3 rings (SSSR count). The number of benzene rings is 1. The van der Waals surface area contributed by atoms with Crippen molar-refractivity contribution in [3.8, 4) is 5.75 Å². The van der Waals surface area contributed by atoms with E-state index in [9.17, 15) is 9.18 Å². The fraction of sp³-hybridized carbons (Fsp3) is 0.292. The van der Waals surface area contributed by atoms with Crippen LogP contribution in [0.15, 0.2) is 60.1 Å². The number of nitrogens with two attached hydrogens (primary N) is 1. The van der Waals surface area contributed by atoms with E-state index in [1.807, 2.05) is 35.8 Å². The number of quaternary nitrogens is 1. The van der Waals surface area contributed by atoms with Gasteiger partial charge in [0.2, 0.25) is 0 Å². The average Bonchev–Trinajstić information content (AvgIpc) is 3.20. The van der Waals surface area contributed by atoms with Gasteiger partial charge in [-0.15, -0.1) is 11.3 Å². The van der Waals surface area contributed by atoms with E-state index < -0.39 is 0 Å². The van der Waals surface area contributed by atoms with E-state index in [4.69, 9.17) is 10.1 Å². The summed E-state index contributed by atoms with van der Waals surface area (Å²) >= 11 is 1.21. The van der Waals surface area contributed by atoms with E-state index in [0.29, 0.717) is 35.0 Å². The molecule has 1 amide bonds. The lowest BCUT2D eigenvalue weighted by atomic mass is 10.0. The second-order valence-corrected chi connectivity index (χ2v) is 8.45. The van der Waals surface area contributed by atoms with Crippen LogP contribution in [0, 0.1) is 12.3 Å². The van der Waals surface area contributed by atoms with Crippen LogP contribution in [0.1, 0.15) is 38.8 Å². The van der Waals surface area contributed by atoms with Gasteiger partial charge in [0.05, 0.1) is 31.3 Å². The Bertz CT molecular complexity index is 1050. The molecule has 0 unspecified atom stereocenters. The van der Waals surface area contributed by atoms with Crippen LogP contribution in [0.5, 0.6) is 5.75 Å². The number of allylic oxidation sites excluding steroid dienone is 4. The van der Waals surface area contributed by atoms with Crippen molar-refractivity contribution in [2.45, 2.75) is 26.2 Å². The van der Waals surface area contributed by atoms with Crippen molar-refractivity contribution in [2.75, 3.05) is 20.2 Å². The topological polar surface area (TPSA) is 91.7 Å². The molecule has 8 heteroatoms. The number of hydrogen-bond acceptors (Lipinski definition) is 5. The van der Waals surface area contributed by atoms with E-state index in [-0.39, 0.29) is 17.4 Å². The van der Waals surface area contributed by atoms with Crippen molar-refractivity contribution >= 4 is 23.0 Å². The molecule has 1 aliphatic carbocycles. The third kappa shape index (κ3) is 6.70. The quantitative estimate of drug-likeness (QED) is 0.379. The molecule has 32 heavy (non-hydrogen) atoms. The molecule has 0 atom stereocenters. The molecule has 0 saturated carbocycles. The number of thiazole rings is 1. The molecule has 1 aliphatic rings. The first-order valence-electron chi connectivity index (χ1n) is 10.5. The summed E-state index contributed by atoms with van der Waals surface area (Å²) in [6.45, 7) is 3.01. The molecule has 0 bridgehead atoms. The smallest absolute Gasteiger partial charge is 0.263 e. The summed E-state index contributed by atoms with van der Waals surface area (Å²) in [7, 11) is 1.65. The van der Waals surface area contributed by atoms with Gasteiger partial charge >= 0.3 is 0 Å². The maximum absolute atomic E-state index is 13.1. The first-order valence-corrected chi connectivity index (χ1v) is 11.3. The van der Waals surface area contributed by atoms with Crippen LogP contribution in [0.3, 0.4) is 0 Å². The van der Waals surface area contributed by atoms with Crippen LogP contribution in [0.25, 0.3) is 0 Å². The van der Waals surface area contributed by atoms with Crippen LogP contribution >= 0.6 is 11.3 Å². The number of aromatic nitrogens is 1. The zero-order chi connectivity index (χ0) is 22.9. The highest BCUT2D eigenvalue weighted by atomic mass is 32.1. The second-order valence-electron chi connectivity index (χ2n) is 7.45. The summed E-state index contributed by atoms with van der Waals surface area (Å²) in [5.74, 6) is 0.494. The second kappa shape index (κ2) is 11.5. The van der Waals surface area contributed by atoms with Crippen molar-refractivity contribution in [1.82, 2.24) is 10.3 Å². The van der Waals surface area contributed by atoms with Crippen LogP contribution in [0.2, 0.25) is 0 Å². The number of carbonyl (C=O) groups excluding carboxylic acids is 1. The third-order valence-corrected chi connectivity index (χ3v) is 6.24. The van der Waals surface area contributed by atoms with Crippen LogP contribution < -0.4 is 15.4 Å². The average molecular weight is 456 g/mol. The highest BCUT2D eigenvalue weighted by molar-refractivity contribution is 7.15. The van der Waals surface area contributed by atoms with Gasteiger partial charge in [-0.1, -0.05) is 23.8 Å². The van der Waals surface area contributed by atoms with E-state index in [2.05, 4.69) is 10.3 Å². The molecule has 0 saturated heterocycles. The maximum atomic E-state index is 13.1. The zero-order valence-corrected chi connectivity index (χ0v) is 19.1. The van der Waals surface area contributed by atoms with E-state index >= 15 is 0 Å². The van der Waals surface area contributed by atoms with Gasteiger partial charge in [-0.3, -0.25) is 10.2 Å². The largest absolute Gasteiger partial charge is 0.497 e. The molecule has 1 heterocycles. The van der Waals surface area contributed by atoms with Crippen LogP contribution in [-0.4, -0.2) is 36.8 Å². The minimum absolute atomic E-state index is 0.132. The first kappa shape index (κ1) is 23.6. The summed E-state index contributed by atoms with van der Waals surface area (Å²) < 4.78 is 18.2. The molecule has 1 aromatic heterocycles. The fourth-order valence-corrected chi connectivity index (χ4v) is 4.08. The van der Waals surface area contributed by atoms with Gasteiger partial charge in [0.15, 0.2) is 0 Å². The third-order valence-electron chi connectivity index (χ3n) is 5.05. The number of hydrogen-bond donors (Lipinski definition) is 3. The molecule has 0 radical (unpaired) electrons. The molecular formula is C24H28FN4O2S+. The van der Waals surface area contributed by atoms with Crippen molar-refractivity contribution in [3.05, 3.63) is 81.2 Å². The molecular weight excluding hydrogens is 427 g/mol. The molecule has 0 spiro atoms. The summed E-state index contributed by atoms with van der Waals surface area (Å²) in [6.07, 6.45) is 8.61. The Morgan fingerprint density at radius 1 is 1.31 bits per heavy atom. The summed E-state index contributed by atoms with van der Waals surface area (Å²) in [4.78, 5) is 17.4. The number of nitrogens with zero attached hydrogens (tertiary/aromatic N) is 1. The van der Waals surface area contributed by atoms with Crippen LogP contribution in [0.4, 0.5) is 4.39 Å². The monoisotopic (exact) mass is 455 g/mol. The molecule has 2 aromatic rings. The number of rotatable bonds is 10. The minimum Gasteiger partial charge on any atom is -0.497 e. The Kier molecular flexibility index (Phi) is 8.47. The Labute approximate surface area is 191 Å². The Balaban J connectivity index is 1.47. The van der Waals surface area contributed by atoms with Gasteiger partial charge in [0, 0.05) is 25.5 Å².